The standard InChI is InChI=1S/C10H13N3O2/c1-7-3-4-8(12-5-7)10(11)13-9(14)6-15-2/h3-5H,6H2,1-2H3,(H2,11,13,14). The van der Waals surface area contributed by atoms with Gasteiger partial charge in [-0.05, 0) is 18.6 Å². The summed E-state index contributed by atoms with van der Waals surface area (Å²) in [6.45, 7) is 1.85. The van der Waals surface area contributed by atoms with Crippen LogP contribution in [0.2, 0.25) is 0 Å². The van der Waals surface area contributed by atoms with Crippen LogP contribution in [0, 0.1) is 12.3 Å². The van der Waals surface area contributed by atoms with Crippen LogP contribution in [0.15, 0.2) is 18.3 Å². The summed E-state index contributed by atoms with van der Waals surface area (Å²) in [7, 11) is 1.42. The van der Waals surface area contributed by atoms with Gasteiger partial charge in [0.05, 0.1) is 0 Å². The SMILES string of the molecule is COCC(=O)NC(=N)c1ccc(C)cn1. The number of pyridine rings is 1. The fraction of sp³-hybridized carbons (Fsp3) is 0.300. The van der Waals surface area contributed by atoms with Crippen LogP contribution in [0.5, 0.6) is 0 Å². The average Bonchev–Trinajstić information content (AvgIpc) is 2.18. The van der Waals surface area contributed by atoms with Crippen molar-refractivity contribution in [3.63, 3.8) is 0 Å². The zero-order valence-electron chi connectivity index (χ0n) is 8.70. The summed E-state index contributed by atoms with van der Waals surface area (Å²) >= 11 is 0. The molecule has 5 nitrogen and oxygen atoms in total. The zero-order valence-corrected chi connectivity index (χ0v) is 8.70. The fourth-order valence-corrected chi connectivity index (χ4v) is 0.986. The van der Waals surface area contributed by atoms with Gasteiger partial charge in [0.25, 0.3) is 5.91 Å². The minimum atomic E-state index is -0.357. The first-order valence-electron chi connectivity index (χ1n) is 4.44. The number of amides is 1. The molecule has 2 N–H and O–H groups in total. The smallest absolute Gasteiger partial charge is 0.251 e. The summed E-state index contributed by atoms with van der Waals surface area (Å²) in [5.74, 6) is -0.373. The van der Waals surface area contributed by atoms with Gasteiger partial charge in [-0.1, -0.05) is 6.07 Å². The Kier molecular flexibility index (Phi) is 3.93. The van der Waals surface area contributed by atoms with Crippen molar-refractivity contribution in [2.75, 3.05) is 13.7 Å². The van der Waals surface area contributed by atoms with Gasteiger partial charge in [-0.2, -0.15) is 0 Å². The Morgan fingerprint density at radius 1 is 1.60 bits per heavy atom. The van der Waals surface area contributed by atoms with E-state index in [0.29, 0.717) is 5.69 Å². The van der Waals surface area contributed by atoms with Crippen LogP contribution in [-0.4, -0.2) is 30.4 Å². The molecule has 0 aromatic carbocycles. The summed E-state index contributed by atoms with van der Waals surface area (Å²) in [5, 5.41) is 9.93. The van der Waals surface area contributed by atoms with E-state index in [1.54, 1.807) is 12.3 Å². The van der Waals surface area contributed by atoms with E-state index in [4.69, 9.17) is 5.41 Å². The molecule has 1 aromatic rings. The molecule has 0 radical (unpaired) electrons. The summed E-state index contributed by atoms with van der Waals surface area (Å²) in [5.41, 5.74) is 1.44. The van der Waals surface area contributed by atoms with Crippen LogP contribution in [0.3, 0.4) is 0 Å². The first-order chi connectivity index (χ1) is 7.13. The number of methoxy groups -OCH3 is 1. The zero-order chi connectivity index (χ0) is 11.3. The Morgan fingerprint density at radius 2 is 2.33 bits per heavy atom. The van der Waals surface area contributed by atoms with Crippen LogP contribution >= 0.6 is 0 Å². The van der Waals surface area contributed by atoms with E-state index in [1.807, 2.05) is 13.0 Å². The van der Waals surface area contributed by atoms with E-state index < -0.39 is 0 Å². The quantitative estimate of drug-likeness (QED) is 0.559. The van der Waals surface area contributed by atoms with Gasteiger partial charge in [-0.3, -0.25) is 15.2 Å². The second kappa shape index (κ2) is 5.21. The van der Waals surface area contributed by atoms with Crippen LogP contribution < -0.4 is 5.32 Å². The number of nitrogens with zero attached hydrogens (tertiary/aromatic N) is 1. The van der Waals surface area contributed by atoms with Gasteiger partial charge in [-0.25, -0.2) is 0 Å². The molecule has 0 aliphatic heterocycles. The third-order valence-corrected chi connectivity index (χ3v) is 1.71. The van der Waals surface area contributed by atoms with E-state index in [-0.39, 0.29) is 18.3 Å². The molecule has 1 amide bonds. The van der Waals surface area contributed by atoms with Crippen molar-refractivity contribution in [1.29, 1.82) is 5.41 Å². The molecule has 0 aliphatic rings. The number of aryl methyl sites for hydroxylation is 1. The van der Waals surface area contributed by atoms with Gasteiger partial charge in [-0.15, -0.1) is 0 Å². The summed E-state index contributed by atoms with van der Waals surface area (Å²) in [6, 6.07) is 3.52. The molecule has 15 heavy (non-hydrogen) atoms. The Hall–Kier alpha value is -1.75. The molecule has 80 valence electrons. The monoisotopic (exact) mass is 207 g/mol. The van der Waals surface area contributed by atoms with Gasteiger partial charge < -0.3 is 10.1 Å². The van der Waals surface area contributed by atoms with Gasteiger partial charge in [0.1, 0.15) is 12.3 Å². The van der Waals surface area contributed by atoms with E-state index in [1.165, 1.54) is 7.11 Å². The van der Waals surface area contributed by atoms with Crippen LogP contribution in [0.25, 0.3) is 0 Å². The Balaban J connectivity index is 2.61. The second-order valence-corrected chi connectivity index (χ2v) is 3.08. The van der Waals surface area contributed by atoms with Crippen molar-refractivity contribution >= 4 is 11.7 Å². The molecule has 5 heteroatoms. The van der Waals surface area contributed by atoms with Gasteiger partial charge in [0.2, 0.25) is 0 Å². The lowest BCUT2D eigenvalue weighted by Gasteiger charge is -2.05. The first kappa shape index (κ1) is 11.3. The third-order valence-electron chi connectivity index (χ3n) is 1.71. The van der Waals surface area contributed by atoms with E-state index >= 15 is 0 Å². The maximum absolute atomic E-state index is 11.1. The number of rotatable bonds is 3. The average molecular weight is 207 g/mol. The number of nitrogens with one attached hydrogen (secondary N) is 2. The number of carbonyl (C=O) groups excluding carboxylic acids is 1. The Labute approximate surface area is 88.0 Å². The number of hydrogen-bond acceptors (Lipinski definition) is 4. The molecule has 0 aliphatic carbocycles. The number of hydrogen-bond donors (Lipinski definition) is 2. The fourth-order valence-electron chi connectivity index (χ4n) is 0.986. The number of amidine groups is 1. The molecule has 1 rings (SSSR count). The maximum Gasteiger partial charge on any atom is 0.251 e. The van der Waals surface area contributed by atoms with Crippen molar-refractivity contribution in [3.8, 4) is 0 Å². The van der Waals surface area contributed by atoms with Crippen molar-refractivity contribution in [1.82, 2.24) is 10.3 Å². The minimum Gasteiger partial charge on any atom is -0.375 e. The number of carbonyl (C=O) groups is 1. The number of ether oxygens (including phenoxy) is 1. The molecular weight excluding hydrogens is 194 g/mol. The number of aromatic nitrogens is 1. The van der Waals surface area contributed by atoms with Gasteiger partial charge in [0.15, 0.2) is 5.84 Å². The lowest BCUT2D eigenvalue weighted by atomic mass is 10.2. The molecule has 1 heterocycles. The molecular formula is C10H13N3O2. The largest absolute Gasteiger partial charge is 0.375 e. The minimum absolute atomic E-state index is 0.0166. The van der Waals surface area contributed by atoms with Crippen molar-refractivity contribution in [2.45, 2.75) is 6.92 Å². The maximum atomic E-state index is 11.1. The highest BCUT2D eigenvalue weighted by Crippen LogP contribution is 1.97. The molecule has 0 atom stereocenters. The molecule has 1 aromatic heterocycles. The van der Waals surface area contributed by atoms with Crippen molar-refractivity contribution in [3.05, 3.63) is 29.6 Å². The van der Waals surface area contributed by atoms with Gasteiger partial charge in [0, 0.05) is 13.3 Å². The van der Waals surface area contributed by atoms with Crippen molar-refractivity contribution < 1.29 is 9.53 Å². The Morgan fingerprint density at radius 3 is 2.87 bits per heavy atom. The Bertz CT molecular complexity index is 359. The van der Waals surface area contributed by atoms with Gasteiger partial charge >= 0.3 is 0 Å². The van der Waals surface area contributed by atoms with Crippen LogP contribution in [0.1, 0.15) is 11.3 Å². The molecule has 0 bridgehead atoms. The lowest BCUT2D eigenvalue weighted by molar-refractivity contribution is -0.123. The topological polar surface area (TPSA) is 75.1 Å². The molecule has 0 spiro atoms. The van der Waals surface area contributed by atoms with E-state index in [0.717, 1.165) is 5.56 Å². The molecule has 0 unspecified atom stereocenters. The van der Waals surface area contributed by atoms with Crippen molar-refractivity contribution in [2.24, 2.45) is 0 Å². The predicted molar refractivity (Wildman–Crippen MR) is 55.8 cm³/mol. The molecule has 0 saturated heterocycles. The van der Waals surface area contributed by atoms with E-state index in [9.17, 15) is 4.79 Å². The predicted octanol–water partition coefficient (Wildman–Crippen LogP) is 0.478. The first-order valence-corrected chi connectivity index (χ1v) is 4.44. The summed E-state index contributed by atoms with van der Waals surface area (Å²) in [4.78, 5) is 15.1. The lowest BCUT2D eigenvalue weighted by Crippen LogP contribution is -2.33. The highest BCUT2D eigenvalue weighted by atomic mass is 16.5. The highest BCUT2D eigenvalue weighted by molar-refractivity contribution is 6.05. The normalized spacial score (nSPS) is 9.73. The molecule has 0 saturated carbocycles. The summed E-state index contributed by atoms with van der Waals surface area (Å²) < 4.78 is 4.63. The molecule has 0 fully saturated rings. The summed E-state index contributed by atoms with van der Waals surface area (Å²) in [6.07, 6.45) is 1.65. The van der Waals surface area contributed by atoms with Crippen LogP contribution in [-0.2, 0) is 9.53 Å². The second-order valence-electron chi connectivity index (χ2n) is 3.08. The third kappa shape index (κ3) is 3.47. The highest BCUT2D eigenvalue weighted by Gasteiger charge is 2.06. The van der Waals surface area contributed by atoms with Crippen LogP contribution in [0.4, 0.5) is 0 Å². The van der Waals surface area contributed by atoms with E-state index in [2.05, 4.69) is 15.0 Å².